The molecule has 0 aliphatic carbocycles. The zero-order chi connectivity index (χ0) is 15.3. The van der Waals surface area contributed by atoms with E-state index in [1.54, 1.807) is 24.3 Å². The minimum absolute atomic E-state index is 0.280. The van der Waals surface area contributed by atoms with Crippen LogP contribution in [0.4, 0.5) is 0 Å². The second kappa shape index (κ2) is 6.85. The molecule has 1 atom stereocenters. The second-order valence-corrected chi connectivity index (χ2v) is 6.63. The summed E-state index contributed by atoms with van der Waals surface area (Å²) in [5.74, 6) is -0.150. The van der Waals surface area contributed by atoms with Gasteiger partial charge in [0.1, 0.15) is 6.10 Å². The van der Waals surface area contributed by atoms with E-state index in [9.17, 15) is 13.2 Å². The van der Waals surface area contributed by atoms with Gasteiger partial charge in [-0.25, -0.2) is 4.79 Å². The third-order valence-electron chi connectivity index (χ3n) is 2.68. The summed E-state index contributed by atoms with van der Waals surface area (Å²) in [5.41, 5.74) is 1.13. The van der Waals surface area contributed by atoms with Gasteiger partial charge in [0, 0.05) is 0 Å². The molecule has 0 aliphatic heterocycles. The van der Waals surface area contributed by atoms with Crippen molar-refractivity contribution < 1.29 is 22.1 Å². The van der Waals surface area contributed by atoms with Crippen molar-refractivity contribution in [1.82, 2.24) is 0 Å². The first-order chi connectivity index (χ1) is 9.23. The van der Waals surface area contributed by atoms with E-state index in [-0.39, 0.29) is 5.92 Å². The smallest absolute Gasteiger partial charge is 0.337 e. The van der Waals surface area contributed by atoms with Crippen LogP contribution in [0.3, 0.4) is 0 Å². The Morgan fingerprint density at radius 3 is 2.15 bits per heavy atom. The lowest BCUT2D eigenvalue weighted by Gasteiger charge is -2.18. The number of ether oxygens (including phenoxy) is 1. The Hall–Kier alpha value is -1.40. The van der Waals surface area contributed by atoms with Gasteiger partial charge < -0.3 is 4.74 Å². The van der Waals surface area contributed by atoms with Gasteiger partial charge in [0.2, 0.25) is 0 Å². The second-order valence-electron chi connectivity index (χ2n) is 5.03. The van der Waals surface area contributed by atoms with E-state index < -0.39 is 22.2 Å². The highest BCUT2D eigenvalue weighted by Gasteiger charge is 2.19. The lowest BCUT2D eigenvalue weighted by molar-refractivity contribution is 0.0600. The molecule has 0 aliphatic rings. The molecule has 6 heteroatoms. The number of carbonyl (C=O) groups excluding carboxylic acids is 1. The molecule has 0 amide bonds. The highest BCUT2D eigenvalue weighted by molar-refractivity contribution is 7.86. The number of carbonyl (C=O) groups is 1. The van der Waals surface area contributed by atoms with Crippen molar-refractivity contribution in [2.24, 2.45) is 5.92 Å². The highest BCUT2D eigenvalue weighted by atomic mass is 32.2. The lowest BCUT2D eigenvalue weighted by atomic mass is 9.99. The molecule has 0 radical (unpaired) electrons. The zero-order valence-corrected chi connectivity index (χ0v) is 12.9. The molecule has 0 saturated heterocycles. The van der Waals surface area contributed by atoms with Gasteiger partial charge in [-0.05, 0) is 30.0 Å². The average molecular weight is 300 g/mol. The highest BCUT2D eigenvalue weighted by Crippen LogP contribution is 2.27. The fraction of sp³-hybridized carbons (Fsp3) is 0.500. The van der Waals surface area contributed by atoms with Crippen molar-refractivity contribution in [3.63, 3.8) is 0 Å². The van der Waals surface area contributed by atoms with Crippen LogP contribution in [0.2, 0.25) is 0 Å². The summed E-state index contributed by atoms with van der Waals surface area (Å²) in [6, 6.07) is 6.56. The van der Waals surface area contributed by atoms with Crippen LogP contribution in [0.1, 0.15) is 42.3 Å². The largest absolute Gasteiger partial charge is 0.465 e. The fourth-order valence-electron chi connectivity index (χ4n) is 1.82. The minimum Gasteiger partial charge on any atom is -0.465 e. The molecule has 0 aromatic heterocycles. The number of hydrogen-bond acceptors (Lipinski definition) is 5. The topological polar surface area (TPSA) is 69.7 Å². The Labute approximate surface area is 120 Å². The molecule has 0 fully saturated rings. The molecule has 0 heterocycles. The molecule has 1 rings (SSSR count). The molecule has 1 aromatic rings. The Kier molecular flexibility index (Phi) is 5.71. The van der Waals surface area contributed by atoms with E-state index in [1.807, 2.05) is 13.8 Å². The maximum Gasteiger partial charge on any atom is 0.337 e. The quantitative estimate of drug-likeness (QED) is 0.596. The summed E-state index contributed by atoms with van der Waals surface area (Å²) in [6.45, 7) is 3.98. The summed E-state index contributed by atoms with van der Waals surface area (Å²) in [5, 5.41) is 0. The predicted molar refractivity (Wildman–Crippen MR) is 75.9 cm³/mol. The molecule has 1 aromatic carbocycles. The maximum atomic E-state index is 11.4. The van der Waals surface area contributed by atoms with Gasteiger partial charge >= 0.3 is 5.97 Å². The third-order valence-corrected chi connectivity index (χ3v) is 3.26. The molecule has 0 N–H and O–H groups in total. The normalized spacial score (nSPS) is 13.2. The van der Waals surface area contributed by atoms with Crippen molar-refractivity contribution in [1.29, 1.82) is 0 Å². The molecular formula is C14H20O5S. The Morgan fingerprint density at radius 2 is 1.75 bits per heavy atom. The van der Waals surface area contributed by atoms with Gasteiger partial charge in [0.05, 0.1) is 18.9 Å². The van der Waals surface area contributed by atoms with E-state index in [4.69, 9.17) is 4.18 Å². The molecule has 1 unspecified atom stereocenters. The number of esters is 1. The van der Waals surface area contributed by atoms with E-state index >= 15 is 0 Å². The van der Waals surface area contributed by atoms with Crippen LogP contribution in [0.25, 0.3) is 0 Å². The standard InChI is InChI=1S/C14H20O5S/c1-10(2)9-13(19-20(4,16)17)11-5-7-12(8-6-11)14(15)18-3/h5-8,10,13H,9H2,1-4H3. The van der Waals surface area contributed by atoms with Crippen LogP contribution >= 0.6 is 0 Å². The van der Waals surface area contributed by atoms with Gasteiger partial charge in [-0.3, -0.25) is 4.18 Å². The number of benzene rings is 1. The fourth-order valence-corrected chi connectivity index (χ4v) is 2.43. The monoisotopic (exact) mass is 300 g/mol. The van der Waals surface area contributed by atoms with Gasteiger partial charge in [-0.1, -0.05) is 26.0 Å². The Bertz CT molecular complexity index is 545. The number of rotatable bonds is 6. The first-order valence-electron chi connectivity index (χ1n) is 6.29. The zero-order valence-electron chi connectivity index (χ0n) is 12.1. The Balaban J connectivity index is 2.99. The van der Waals surface area contributed by atoms with Crippen molar-refractivity contribution >= 4 is 16.1 Å². The van der Waals surface area contributed by atoms with Gasteiger partial charge in [0.25, 0.3) is 10.1 Å². The van der Waals surface area contributed by atoms with Crippen LogP contribution in [0.15, 0.2) is 24.3 Å². The number of hydrogen-bond donors (Lipinski definition) is 0. The van der Waals surface area contributed by atoms with Gasteiger partial charge in [-0.2, -0.15) is 8.42 Å². The first-order valence-corrected chi connectivity index (χ1v) is 8.11. The molecule has 20 heavy (non-hydrogen) atoms. The molecule has 112 valence electrons. The molecule has 0 saturated carbocycles. The molecule has 5 nitrogen and oxygen atoms in total. The Morgan fingerprint density at radius 1 is 1.20 bits per heavy atom. The van der Waals surface area contributed by atoms with E-state index in [0.717, 1.165) is 11.8 Å². The van der Waals surface area contributed by atoms with Gasteiger partial charge in [-0.15, -0.1) is 0 Å². The lowest BCUT2D eigenvalue weighted by Crippen LogP contribution is -2.13. The third kappa shape index (κ3) is 5.30. The van der Waals surface area contributed by atoms with Crippen LogP contribution in [-0.2, 0) is 19.0 Å². The summed E-state index contributed by atoms with van der Waals surface area (Å²) >= 11 is 0. The SMILES string of the molecule is COC(=O)c1ccc(C(CC(C)C)OS(C)(=O)=O)cc1. The van der Waals surface area contributed by atoms with E-state index in [2.05, 4.69) is 4.74 Å². The molecule has 0 bridgehead atoms. The van der Waals surface area contributed by atoms with Crippen molar-refractivity contribution in [2.45, 2.75) is 26.4 Å². The summed E-state index contributed by atoms with van der Waals surface area (Å²) in [7, 11) is -2.23. The summed E-state index contributed by atoms with van der Waals surface area (Å²) < 4.78 is 32.4. The molecule has 0 spiro atoms. The summed E-state index contributed by atoms with van der Waals surface area (Å²) in [6.07, 6.45) is 1.06. The van der Waals surface area contributed by atoms with Crippen LogP contribution in [0, 0.1) is 5.92 Å². The van der Waals surface area contributed by atoms with Crippen molar-refractivity contribution in [2.75, 3.05) is 13.4 Å². The van der Waals surface area contributed by atoms with Crippen molar-refractivity contribution in [3.8, 4) is 0 Å². The number of methoxy groups -OCH3 is 1. The van der Waals surface area contributed by atoms with Crippen LogP contribution < -0.4 is 0 Å². The van der Waals surface area contributed by atoms with Gasteiger partial charge in [0.15, 0.2) is 0 Å². The molecular weight excluding hydrogens is 280 g/mol. The maximum absolute atomic E-state index is 11.4. The predicted octanol–water partition coefficient (Wildman–Crippen LogP) is 2.54. The van der Waals surface area contributed by atoms with E-state index in [1.165, 1.54) is 7.11 Å². The summed E-state index contributed by atoms with van der Waals surface area (Å²) in [4.78, 5) is 11.4. The van der Waals surface area contributed by atoms with Crippen LogP contribution in [-0.4, -0.2) is 27.8 Å². The van der Waals surface area contributed by atoms with E-state index in [0.29, 0.717) is 12.0 Å². The first kappa shape index (κ1) is 16.7. The minimum atomic E-state index is -3.54. The van der Waals surface area contributed by atoms with Crippen LogP contribution in [0.5, 0.6) is 0 Å². The van der Waals surface area contributed by atoms with Crippen molar-refractivity contribution in [3.05, 3.63) is 35.4 Å². The average Bonchev–Trinajstić information content (AvgIpc) is 2.35.